The monoisotopic (exact) mass is 311 g/mol. The molecule has 0 aromatic heterocycles. The second-order valence-corrected chi connectivity index (χ2v) is 6.04. The van der Waals surface area contributed by atoms with Crippen molar-refractivity contribution >= 4 is 29.2 Å². The standard InChI is InChI=1S/C15H22ClN3O2/c1-10-5-11(7-12(6-10)19-13(17)8-16)9-18-14(20)21-15(2,3)4/h5-7H,8-9H2,1-4H3,(H2,17,19)(H,18,20). The Hall–Kier alpha value is -1.75. The molecule has 21 heavy (non-hydrogen) atoms. The fourth-order valence-electron chi connectivity index (χ4n) is 1.69. The van der Waals surface area contributed by atoms with Gasteiger partial charge in [-0.2, -0.15) is 0 Å². The summed E-state index contributed by atoms with van der Waals surface area (Å²) in [6.45, 7) is 7.77. The van der Waals surface area contributed by atoms with Crippen molar-refractivity contribution in [1.29, 1.82) is 0 Å². The fourth-order valence-corrected chi connectivity index (χ4v) is 1.75. The van der Waals surface area contributed by atoms with Gasteiger partial charge >= 0.3 is 6.09 Å². The highest BCUT2D eigenvalue weighted by Crippen LogP contribution is 2.18. The number of amidine groups is 1. The van der Waals surface area contributed by atoms with E-state index in [9.17, 15) is 4.79 Å². The molecule has 3 N–H and O–H groups in total. The predicted octanol–water partition coefficient (Wildman–Crippen LogP) is 3.25. The van der Waals surface area contributed by atoms with Gasteiger partial charge in [0.2, 0.25) is 0 Å². The number of aliphatic imine (C=N–C) groups is 1. The highest BCUT2D eigenvalue weighted by atomic mass is 35.5. The minimum atomic E-state index is -0.513. The van der Waals surface area contributed by atoms with Crippen LogP contribution in [0.1, 0.15) is 31.9 Å². The van der Waals surface area contributed by atoms with Crippen molar-refractivity contribution in [2.24, 2.45) is 10.7 Å². The lowest BCUT2D eigenvalue weighted by Gasteiger charge is -2.19. The Morgan fingerprint density at radius 3 is 2.62 bits per heavy atom. The zero-order valence-electron chi connectivity index (χ0n) is 12.9. The SMILES string of the molecule is Cc1cc(CNC(=O)OC(C)(C)C)cc(N=C(N)CCl)c1. The smallest absolute Gasteiger partial charge is 0.407 e. The van der Waals surface area contributed by atoms with E-state index >= 15 is 0 Å². The van der Waals surface area contributed by atoms with Gasteiger partial charge in [0, 0.05) is 6.54 Å². The molecule has 1 aromatic carbocycles. The number of aryl methyl sites for hydroxylation is 1. The van der Waals surface area contributed by atoms with E-state index in [4.69, 9.17) is 22.1 Å². The van der Waals surface area contributed by atoms with Crippen LogP contribution in [0.3, 0.4) is 0 Å². The highest BCUT2D eigenvalue weighted by molar-refractivity contribution is 6.28. The number of hydrogen-bond acceptors (Lipinski definition) is 3. The van der Waals surface area contributed by atoms with E-state index in [2.05, 4.69) is 10.3 Å². The Kier molecular flexibility index (Phi) is 6.03. The second kappa shape index (κ2) is 7.31. The van der Waals surface area contributed by atoms with E-state index in [0.717, 1.165) is 11.1 Å². The lowest BCUT2D eigenvalue weighted by atomic mass is 10.1. The van der Waals surface area contributed by atoms with Gasteiger partial charge in [-0.1, -0.05) is 6.07 Å². The number of hydrogen-bond donors (Lipinski definition) is 2. The van der Waals surface area contributed by atoms with E-state index < -0.39 is 11.7 Å². The zero-order chi connectivity index (χ0) is 16.0. The van der Waals surface area contributed by atoms with Crippen molar-refractivity contribution in [3.05, 3.63) is 29.3 Å². The molecule has 0 unspecified atom stereocenters. The molecule has 1 rings (SSSR count). The van der Waals surface area contributed by atoms with E-state index in [1.807, 2.05) is 45.9 Å². The number of nitrogens with two attached hydrogens (primary N) is 1. The van der Waals surface area contributed by atoms with Crippen LogP contribution >= 0.6 is 11.6 Å². The van der Waals surface area contributed by atoms with Crippen molar-refractivity contribution in [1.82, 2.24) is 5.32 Å². The van der Waals surface area contributed by atoms with Crippen LogP contribution in [0.5, 0.6) is 0 Å². The van der Waals surface area contributed by atoms with Gasteiger partial charge in [-0.25, -0.2) is 9.79 Å². The van der Waals surface area contributed by atoms with Gasteiger partial charge in [-0.15, -0.1) is 11.6 Å². The third-order valence-corrected chi connectivity index (χ3v) is 2.64. The van der Waals surface area contributed by atoms with Gasteiger partial charge in [0.1, 0.15) is 11.4 Å². The number of ether oxygens (including phenoxy) is 1. The molecule has 1 aromatic rings. The van der Waals surface area contributed by atoms with E-state index in [1.165, 1.54) is 0 Å². The van der Waals surface area contributed by atoms with E-state index in [0.29, 0.717) is 18.1 Å². The predicted molar refractivity (Wildman–Crippen MR) is 86.3 cm³/mol. The van der Waals surface area contributed by atoms with Crippen LogP contribution in [-0.2, 0) is 11.3 Å². The molecule has 6 heteroatoms. The first kappa shape index (κ1) is 17.3. The normalized spacial score (nSPS) is 12.1. The molecule has 0 aliphatic rings. The first-order valence-corrected chi connectivity index (χ1v) is 7.19. The maximum absolute atomic E-state index is 11.6. The first-order chi connectivity index (χ1) is 9.69. The summed E-state index contributed by atoms with van der Waals surface area (Å²) in [6, 6.07) is 5.72. The molecule has 0 radical (unpaired) electrons. The molecule has 0 saturated heterocycles. The average Bonchev–Trinajstić information content (AvgIpc) is 2.33. The van der Waals surface area contributed by atoms with Crippen LogP contribution in [0.2, 0.25) is 0 Å². The number of alkyl halides is 1. The minimum absolute atomic E-state index is 0.180. The summed E-state index contributed by atoms with van der Waals surface area (Å²) in [4.78, 5) is 15.8. The van der Waals surface area contributed by atoms with Crippen LogP contribution < -0.4 is 11.1 Å². The first-order valence-electron chi connectivity index (χ1n) is 6.66. The van der Waals surface area contributed by atoms with Crippen LogP contribution in [0.15, 0.2) is 23.2 Å². The molecule has 0 saturated carbocycles. The number of halogens is 1. The zero-order valence-corrected chi connectivity index (χ0v) is 13.6. The number of amides is 1. The molecule has 1 amide bonds. The van der Waals surface area contributed by atoms with Crippen LogP contribution in [-0.4, -0.2) is 23.4 Å². The molecule has 0 bridgehead atoms. The van der Waals surface area contributed by atoms with Gasteiger partial charge in [0.05, 0.1) is 11.6 Å². The molecule has 0 atom stereocenters. The molecule has 0 heterocycles. The van der Waals surface area contributed by atoms with E-state index in [-0.39, 0.29) is 5.88 Å². The lowest BCUT2D eigenvalue weighted by Crippen LogP contribution is -2.32. The minimum Gasteiger partial charge on any atom is -0.444 e. The molecule has 0 aliphatic heterocycles. The third-order valence-electron chi connectivity index (χ3n) is 2.37. The largest absolute Gasteiger partial charge is 0.444 e. The summed E-state index contributed by atoms with van der Waals surface area (Å²) in [7, 11) is 0. The van der Waals surface area contributed by atoms with Crippen molar-refractivity contribution in [2.45, 2.75) is 39.8 Å². The summed E-state index contributed by atoms with van der Waals surface area (Å²) < 4.78 is 5.19. The fraction of sp³-hybridized carbons (Fsp3) is 0.467. The molecular weight excluding hydrogens is 290 g/mol. The van der Waals surface area contributed by atoms with Crippen molar-refractivity contribution < 1.29 is 9.53 Å². The lowest BCUT2D eigenvalue weighted by molar-refractivity contribution is 0.0523. The molecule has 0 fully saturated rings. The van der Waals surface area contributed by atoms with Crippen LogP contribution in [0, 0.1) is 6.92 Å². The Labute approximate surface area is 130 Å². The molecular formula is C15H22ClN3O2. The Morgan fingerprint density at radius 2 is 2.05 bits per heavy atom. The third kappa shape index (κ3) is 6.99. The average molecular weight is 312 g/mol. The number of nitrogens with one attached hydrogen (secondary N) is 1. The van der Waals surface area contributed by atoms with Gasteiger partial charge < -0.3 is 15.8 Å². The summed E-state index contributed by atoms with van der Waals surface area (Å²) in [6.07, 6.45) is -0.450. The number of alkyl carbamates (subject to hydrolysis) is 1. The Balaban J connectivity index is 2.74. The summed E-state index contributed by atoms with van der Waals surface area (Å²) in [5, 5.41) is 2.71. The second-order valence-electron chi connectivity index (χ2n) is 5.77. The topological polar surface area (TPSA) is 76.7 Å². The van der Waals surface area contributed by atoms with Crippen molar-refractivity contribution in [2.75, 3.05) is 5.88 Å². The van der Waals surface area contributed by atoms with E-state index in [1.54, 1.807) is 0 Å². The van der Waals surface area contributed by atoms with Crippen LogP contribution in [0.25, 0.3) is 0 Å². The maximum atomic E-state index is 11.6. The summed E-state index contributed by atoms with van der Waals surface area (Å²) in [5.74, 6) is 0.535. The number of rotatable bonds is 4. The van der Waals surface area contributed by atoms with Gasteiger partial charge in [-0.05, 0) is 51.0 Å². The quantitative estimate of drug-likeness (QED) is 0.509. The summed E-state index contributed by atoms with van der Waals surface area (Å²) in [5.41, 5.74) is 7.77. The van der Waals surface area contributed by atoms with Gasteiger partial charge in [0.15, 0.2) is 0 Å². The van der Waals surface area contributed by atoms with Crippen LogP contribution in [0.4, 0.5) is 10.5 Å². The number of nitrogens with zero attached hydrogens (tertiary/aromatic N) is 1. The Bertz CT molecular complexity index is 536. The number of carbonyl (C=O) groups excluding carboxylic acids is 1. The highest BCUT2D eigenvalue weighted by Gasteiger charge is 2.15. The Morgan fingerprint density at radius 1 is 1.38 bits per heavy atom. The van der Waals surface area contributed by atoms with Gasteiger partial charge in [-0.3, -0.25) is 0 Å². The van der Waals surface area contributed by atoms with Gasteiger partial charge in [0.25, 0.3) is 0 Å². The molecule has 116 valence electrons. The maximum Gasteiger partial charge on any atom is 0.407 e. The number of carbonyl (C=O) groups is 1. The summed E-state index contributed by atoms with van der Waals surface area (Å²) >= 11 is 5.62. The molecule has 0 spiro atoms. The van der Waals surface area contributed by atoms with Crippen molar-refractivity contribution in [3.8, 4) is 0 Å². The number of benzene rings is 1. The van der Waals surface area contributed by atoms with Crippen molar-refractivity contribution in [3.63, 3.8) is 0 Å². The molecule has 5 nitrogen and oxygen atoms in total. The molecule has 0 aliphatic carbocycles.